The number of phenols is 1. The van der Waals surface area contributed by atoms with Crippen LogP contribution >= 0.6 is 0 Å². The van der Waals surface area contributed by atoms with Crippen LogP contribution in [-0.4, -0.2) is 15.2 Å². The van der Waals surface area contributed by atoms with Crippen LogP contribution in [0.4, 0.5) is 0 Å². The fraction of sp³-hybridized carbons (Fsp3) is 0.174. The van der Waals surface area contributed by atoms with Crippen molar-refractivity contribution >= 4 is 11.1 Å². The lowest BCUT2D eigenvalue weighted by Crippen LogP contribution is -1.88. The van der Waals surface area contributed by atoms with Gasteiger partial charge in [0, 0.05) is 17.2 Å². The van der Waals surface area contributed by atoms with Crippen molar-refractivity contribution in [3.8, 4) is 28.3 Å². The number of fused-ring (bicyclic) bond motifs is 1. The monoisotopic (exact) mass is 361 g/mol. The SMILES string of the molecule is CC.Cc1c(-c2ccccc2)cccc1-c1nc2cc(CO)c(O)cc2o1. The fourth-order valence-corrected chi connectivity index (χ4v) is 3.05. The summed E-state index contributed by atoms with van der Waals surface area (Å²) < 4.78 is 5.85. The normalized spacial score (nSPS) is 10.5. The lowest BCUT2D eigenvalue weighted by molar-refractivity contribution is 0.275. The molecule has 0 saturated carbocycles. The number of aliphatic hydroxyl groups is 1. The number of oxazole rings is 1. The van der Waals surface area contributed by atoms with Crippen LogP contribution in [0, 0.1) is 6.92 Å². The quantitative estimate of drug-likeness (QED) is 0.491. The second-order valence-corrected chi connectivity index (χ2v) is 5.97. The Morgan fingerprint density at radius 1 is 0.926 bits per heavy atom. The van der Waals surface area contributed by atoms with E-state index in [0.717, 1.165) is 22.3 Å². The number of hydrogen-bond acceptors (Lipinski definition) is 4. The summed E-state index contributed by atoms with van der Waals surface area (Å²) in [5.74, 6) is 0.507. The fourth-order valence-electron chi connectivity index (χ4n) is 3.05. The second kappa shape index (κ2) is 8.06. The molecular weight excluding hydrogens is 338 g/mol. The lowest BCUT2D eigenvalue weighted by Gasteiger charge is -2.09. The molecule has 1 heterocycles. The van der Waals surface area contributed by atoms with Crippen molar-refractivity contribution in [2.75, 3.05) is 0 Å². The molecule has 0 saturated heterocycles. The topological polar surface area (TPSA) is 66.5 Å². The van der Waals surface area contributed by atoms with Crippen LogP contribution in [0.2, 0.25) is 0 Å². The molecule has 0 fully saturated rings. The highest BCUT2D eigenvalue weighted by atomic mass is 16.3. The predicted octanol–water partition coefficient (Wildman–Crippen LogP) is 5.69. The molecule has 3 aromatic carbocycles. The molecule has 0 unspecified atom stereocenters. The third-order valence-corrected chi connectivity index (χ3v) is 4.41. The highest BCUT2D eigenvalue weighted by Crippen LogP contribution is 2.34. The van der Waals surface area contributed by atoms with E-state index >= 15 is 0 Å². The molecule has 1 aromatic heterocycles. The molecule has 4 aromatic rings. The Kier molecular flexibility index (Phi) is 5.57. The molecule has 4 rings (SSSR count). The maximum Gasteiger partial charge on any atom is 0.227 e. The van der Waals surface area contributed by atoms with Crippen molar-refractivity contribution < 1.29 is 14.6 Å². The van der Waals surface area contributed by atoms with Crippen LogP contribution in [0.1, 0.15) is 25.0 Å². The summed E-state index contributed by atoms with van der Waals surface area (Å²) in [6, 6.07) is 19.3. The Morgan fingerprint density at radius 3 is 2.33 bits per heavy atom. The van der Waals surface area contributed by atoms with Gasteiger partial charge < -0.3 is 14.6 Å². The number of rotatable bonds is 3. The average molecular weight is 361 g/mol. The molecule has 2 N–H and O–H groups in total. The minimum Gasteiger partial charge on any atom is -0.507 e. The van der Waals surface area contributed by atoms with Crippen molar-refractivity contribution in [2.24, 2.45) is 0 Å². The molecule has 0 aliphatic heterocycles. The van der Waals surface area contributed by atoms with Crippen LogP contribution in [0.15, 0.2) is 65.1 Å². The molecule has 0 spiro atoms. The summed E-state index contributed by atoms with van der Waals surface area (Å²) in [4.78, 5) is 4.54. The average Bonchev–Trinajstić information content (AvgIpc) is 3.12. The summed E-state index contributed by atoms with van der Waals surface area (Å²) >= 11 is 0. The van der Waals surface area contributed by atoms with Gasteiger partial charge >= 0.3 is 0 Å². The molecule has 138 valence electrons. The summed E-state index contributed by atoms with van der Waals surface area (Å²) in [5, 5.41) is 19.2. The molecule has 27 heavy (non-hydrogen) atoms. The third kappa shape index (κ3) is 3.57. The Morgan fingerprint density at radius 2 is 1.63 bits per heavy atom. The molecule has 0 aliphatic carbocycles. The van der Waals surface area contributed by atoms with Gasteiger partial charge in [-0.25, -0.2) is 4.98 Å². The van der Waals surface area contributed by atoms with E-state index in [-0.39, 0.29) is 12.4 Å². The van der Waals surface area contributed by atoms with E-state index in [1.54, 1.807) is 6.07 Å². The van der Waals surface area contributed by atoms with Gasteiger partial charge in [0.15, 0.2) is 5.58 Å². The van der Waals surface area contributed by atoms with E-state index in [1.807, 2.05) is 51.1 Å². The van der Waals surface area contributed by atoms with Gasteiger partial charge in [0.1, 0.15) is 11.3 Å². The van der Waals surface area contributed by atoms with Gasteiger partial charge in [0.05, 0.1) is 6.61 Å². The zero-order valence-electron chi connectivity index (χ0n) is 15.7. The van der Waals surface area contributed by atoms with Crippen molar-refractivity contribution in [1.82, 2.24) is 4.98 Å². The lowest BCUT2D eigenvalue weighted by atomic mass is 9.96. The van der Waals surface area contributed by atoms with Crippen molar-refractivity contribution in [1.29, 1.82) is 0 Å². The van der Waals surface area contributed by atoms with Crippen LogP contribution in [0.3, 0.4) is 0 Å². The molecule has 4 nitrogen and oxygen atoms in total. The molecule has 0 atom stereocenters. The second-order valence-electron chi connectivity index (χ2n) is 5.97. The van der Waals surface area contributed by atoms with Gasteiger partial charge in [-0.15, -0.1) is 0 Å². The molecule has 0 amide bonds. The molecule has 0 radical (unpaired) electrons. The first kappa shape index (κ1) is 18.7. The minimum absolute atomic E-state index is 0.00691. The van der Waals surface area contributed by atoms with Gasteiger partial charge in [-0.1, -0.05) is 56.3 Å². The van der Waals surface area contributed by atoms with Gasteiger partial charge in [0.2, 0.25) is 5.89 Å². The smallest absolute Gasteiger partial charge is 0.227 e. The van der Waals surface area contributed by atoms with Gasteiger partial charge in [-0.05, 0) is 35.7 Å². The van der Waals surface area contributed by atoms with E-state index in [0.29, 0.717) is 22.6 Å². The van der Waals surface area contributed by atoms with E-state index < -0.39 is 0 Å². The molecule has 4 heteroatoms. The van der Waals surface area contributed by atoms with Gasteiger partial charge in [-0.3, -0.25) is 0 Å². The van der Waals surface area contributed by atoms with Crippen LogP contribution in [0.5, 0.6) is 5.75 Å². The number of aromatic hydroxyl groups is 1. The number of aliphatic hydroxyl groups excluding tert-OH is 1. The van der Waals surface area contributed by atoms with Crippen LogP contribution in [0.25, 0.3) is 33.7 Å². The summed E-state index contributed by atoms with van der Waals surface area (Å²) in [5.41, 5.74) is 5.78. The summed E-state index contributed by atoms with van der Waals surface area (Å²) in [6.45, 7) is 5.80. The van der Waals surface area contributed by atoms with Crippen LogP contribution in [-0.2, 0) is 6.61 Å². The first-order chi connectivity index (χ1) is 13.2. The number of hydrogen-bond donors (Lipinski definition) is 2. The van der Waals surface area contributed by atoms with E-state index in [4.69, 9.17) is 4.42 Å². The maximum atomic E-state index is 9.89. The Hall–Kier alpha value is -3.11. The van der Waals surface area contributed by atoms with Crippen molar-refractivity contribution in [2.45, 2.75) is 27.4 Å². The van der Waals surface area contributed by atoms with Gasteiger partial charge in [0.25, 0.3) is 0 Å². The van der Waals surface area contributed by atoms with E-state index in [1.165, 1.54) is 6.07 Å². The Bertz CT molecular complexity index is 1050. The molecule has 0 aliphatic rings. The Balaban J connectivity index is 0.00000102. The number of benzene rings is 3. The number of aromatic nitrogens is 1. The first-order valence-electron chi connectivity index (χ1n) is 9.06. The Labute approximate surface area is 158 Å². The minimum atomic E-state index is -0.244. The number of nitrogens with zero attached hydrogens (tertiary/aromatic N) is 1. The third-order valence-electron chi connectivity index (χ3n) is 4.41. The van der Waals surface area contributed by atoms with Crippen molar-refractivity contribution in [3.63, 3.8) is 0 Å². The highest BCUT2D eigenvalue weighted by molar-refractivity contribution is 5.81. The summed E-state index contributed by atoms with van der Waals surface area (Å²) in [6.07, 6.45) is 0. The maximum absolute atomic E-state index is 9.89. The van der Waals surface area contributed by atoms with Crippen LogP contribution < -0.4 is 0 Å². The standard InChI is InChI=1S/C21H17NO3.C2H6/c1-13-16(14-6-3-2-4-7-14)8-5-9-17(13)21-22-18-10-15(12-23)19(24)11-20(18)25-21;1-2/h2-11,23-24H,12H2,1H3;1-2H3. The van der Waals surface area contributed by atoms with E-state index in [9.17, 15) is 10.2 Å². The largest absolute Gasteiger partial charge is 0.507 e. The molecular formula is C23H23NO3. The highest BCUT2D eigenvalue weighted by Gasteiger charge is 2.15. The molecule has 0 bridgehead atoms. The zero-order chi connectivity index (χ0) is 19.4. The van der Waals surface area contributed by atoms with Crippen molar-refractivity contribution in [3.05, 3.63) is 71.8 Å². The summed E-state index contributed by atoms with van der Waals surface area (Å²) in [7, 11) is 0. The van der Waals surface area contributed by atoms with E-state index in [2.05, 4.69) is 23.2 Å². The zero-order valence-corrected chi connectivity index (χ0v) is 15.7. The van der Waals surface area contributed by atoms with Gasteiger partial charge in [-0.2, -0.15) is 0 Å². The first-order valence-corrected chi connectivity index (χ1v) is 9.06. The predicted molar refractivity (Wildman–Crippen MR) is 109 cm³/mol.